The lowest BCUT2D eigenvalue weighted by Crippen LogP contribution is -2.45. The Labute approximate surface area is 147 Å². The highest BCUT2D eigenvalue weighted by Gasteiger charge is 2.36. The Morgan fingerprint density at radius 1 is 1.00 bits per heavy atom. The van der Waals surface area contributed by atoms with Gasteiger partial charge in [0.15, 0.2) is 0 Å². The molecule has 1 saturated heterocycles. The quantitative estimate of drug-likeness (QED) is 0.884. The van der Waals surface area contributed by atoms with E-state index in [1.807, 2.05) is 0 Å². The van der Waals surface area contributed by atoms with Gasteiger partial charge >= 0.3 is 0 Å². The van der Waals surface area contributed by atoms with Crippen molar-refractivity contribution in [1.29, 1.82) is 0 Å². The Bertz CT molecular complexity index is 443. The molecule has 0 aromatic heterocycles. The monoisotopic (exact) mass is 344 g/mol. The lowest BCUT2D eigenvalue weighted by atomic mass is 9.86. The lowest BCUT2D eigenvalue weighted by molar-refractivity contribution is 0.156. The van der Waals surface area contributed by atoms with Gasteiger partial charge in [-0.3, -0.25) is 4.90 Å². The summed E-state index contributed by atoms with van der Waals surface area (Å²) in [5, 5.41) is 3.47. The molecule has 1 atom stereocenters. The van der Waals surface area contributed by atoms with Crippen molar-refractivity contribution in [3.05, 3.63) is 35.4 Å². The third-order valence-electron chi connectivity index (χ3n) is 4.73. The van der Waals surface area contributed by atoms with Gasteiger partial charge in [-0.05, 0) is 35.3 Å². The maximum absolute atomic E-state index is 3.47. The molecule has 1 saturated carbocycles. The Morgan fingerprint density at radius 3 is 2.00 bits per heavy atom. The van der Waals surface area contributed by atoms with Crippen LogP contribution in [0.25, 0.3) is 0 Å². The van der Waals surface area contributed by atoms with Crippen molar-refractivity contribution < 1.29 is 0 Å². The van der Waals surface area contributed by atoms with E-state index in [1.54, 1.807) is 0 Å². The number of halogens is 2. The van der Waals surface area contributed by atoms with Crippen LogP contribution in [0.4, 0.5) is 0 Å². The summed E-state index contributed by atoms with van der Waals surface area (Å²) in [6, 6.07) is 10.1. The average molecular weight is 345 g/mol. The average Bonchev–Trinajstić information content (AvgIpc) is 3.25. The van der Waals surface area contributed by atoms with E-state index in [4.69, 9.17) is 0 Å². The van der Waals surface area contributed by atoms with E-state index in [1.165, 1.54) is 37.1 Å². The Morgan fingerprint density at radius 2 is 1.55 bits per heavy atom. The van der Waals surface area contributed by atoms with E-state index in [9.17, 15) is 0 Å². The molecule has 1 N–H and O–H groups in total. The highest BCUT2D eigenvalue weighted by Crippen LogP contribution is 2.44. The van der Waals surface area contributed by atoms with Crippen LogP contribution in [-0.2, 0) is 5.41 Å². The van der Waals surface area contributed by atoms with E-state index >= 15 is 0 Å². The van der Waals surface area contributed by atoms with Crippen LogP contribution in [0.3, 0.4) is 0 Å². The Hall–Kier alpha value is -0.280. The van der Waals surface area contributed by atoms with Crippen molar-refractivity contribution in [2.24, 2.45) is 5.92 Å². The third kappa shape index (κ3) is 4.61. The molecular formula is C18H30Cl2N2. The first-order valence-corrected chi connectivity index (χ1v) is 8.11. The molecule has 0 radical (unpaired) electrons. The van der Waals surface area contributed by atoms with E-state index in [-0.39, 0.29) is 30.2 Å². The molecule has 0 spiro atoms. The summed E-state index contributed by atoms with van der Waals surface area (Å²) in [5.74, 6) is 0.897. The minimum atomic E-state index is 0. The fourth-order valence-electron chi connectivity index (χ4n) is 3.33. The van der Waals surface area contributed by atoms with Crippen LogP contribution < -0.4 is 5.32 Å². The molecule has 22 heavy (non-hydrogen) atoms. The first-order valence-electron chi connectivity index (χ1n) is 8.11. The number of nitrogens with one attached hydrogen (secondary N) is 1. The molecule has 2 fully saturated rings. The van der Waals surface area contributed by atoms with Gasteiger partial charge in [0.05, 0.1) is 0 Å². The van der Waals surface area contributed by atoms with E-state index in [0.29, 0.717) is 6.04 Å². The summed E-state index contributed by atoms with van der Waals surface area (Å²) in [6.45, 7) is 11.5. The maximum Gasteiger partial charge on any atom is 0.0377 e. The summed E-state index contributed by atoms with van der Waals surface area (Å²) < 4.78 is 0. The molecular weight excluding hydrogens is 315 g/mol. The van der Waals surface area contributed by atoms with Gasteiger partial charge in [-0.15, -0.1) is 24.8 Å². The summed E-state index contributed by atoms with van der Waals surface area (Å²) in [4.78, 5) is 2.69. The second-order valence-corrected chi connectivity index (χ2v) is 7.44. The Kier molecular flexibility index (Phi) is 7.20. The fraction of sp³-hybridized carbons (Fsp3) is 0.667. The zero-order chi connectivity index (χ0) is 14.2. The van der Waals surface area contributed by atoms with E-state index in [2.05, 4.69) is 55.3 Å². The molecule has 1 heterocycles. The van der Waals surface area contributed by atoms with Crippen LogP contribution in [0.1, 0.15) is 50.8 Å². The zero-order valence-corrected chi connectivity index (χ0v) is 15.6. The standard InChI is InChI=1S/C18H28N2.2ClH/c1-18(2,3)16-8-6-15(7-9-16)17(14-4-5-14)20-12-10-19-11-13-20;;/h6-9,14,17,19H,4-5,10-13H2,1-3H3;2*1H/t17-;;/m1../s1. The minimum absolute atomic E-state index is 0. The molecule has 2 nitrogen and oxygen atoms in total. The molecule has 3 rings (SSSR count). The normalized spacial score (nSPS) is 20.7. The molecule has 0 amide bonds. The minimum Gasteiger partial charge on any atom is -0.314 e. The number of nitrogens with zero attached hydrogens (tertiary/aromatic N) is 1. The first-order chi connectivity index (χ1) is 9.55. The van der Waals surface area contributed by atoms with Crippen molar-refractivity contribution in [3.8, 4) is 0 Å². The van der Waals surface area contributed by atoms with Gasteiger partial charge in [0.2, 0.25) is 0 Å². The van der Waals surface area contributed by atoms with Crippen molar-refractivity contribution in [1.82, 2.24) is 10.2 Å². The smallest absolute Gasteiger partial charge is 0.0377 e. The summed E-state index contributed by atoms with van der Waals surface area (Å²) in [5.41, 5.74) is 3.22. The predicted octanol–water partition coefficient (Wildman–Crippen LogP) is 4.18. The topological polar surface area (TPSA) is 15.3 Å². The lowest BCUT2D eigenvalue weighted by Gasteiger charge is -2.35. The number of hydrogen-bond donors (Lipinski definition) is 1. The van der Waals surface area contributed by atoms with Gasteiger partial charge in [0.1, 0.15) is 0 Å². The van der Waals surface area contributed by atoms with Crippen LogP contribution in [0.15, 0.2) is 24.3 Å². The third-order valence-corrected chi connectivity index (χ3v) is 4.73. The highest BCUT2D eigenvalue weighted by atomic mass is 35.5. The molecule has 4 heteroatoms. The molecule has 1 aliphatic heterocycles. The molecule has 126 valence electrons. The number of rotatable bonds is 3. The van der Waals surface area contributed by atoms with Gasteiger partial charge in [-0.25, -0.2) is 0 Å². The van der Waals surface area contributed by atoms with E-state index in [0.717, 1.165) is 19.0 Å². The van der Waals surface area contributed by atoms with E-state index < -0.39 is 0 Å². The molecule has 2 aliphatic rings. The van der Waals surface area contributed by atoms with Crippen LogP contribution >= 0.6 is 24.8 Å². The summed E-state index contributed by atoms with van der Waals surface area (Å²) in [6.07, 6.45) is 2.82. The second-order valence-electron chi connectivity index (χ2n) is 7.44. The predicted molar refractivity (Wildman–Crippen MR) is 99.5 cm³/mol. The highest BCUT2D eigenvalue weighted by molar-refractivity contribution is 5.85. The van der Waals surface area contributed by atoms with Gasteiger partial charge in [0, 0.05) is 32.2 Å². The first kappa shape index (κ1) is 19.8. The van der Waals surface area contributed by atoms with Crippen molar-refractivity contribution in [2.45, 2.75) is 45.1 Å². The summed E-state index contributed by atoms with van der Waals surface area (Å²) >= 11 is 0. The molecule has 1 aliphatic carbocycles. The van der Waals surface area contributed by atoms with Gasteiger partial charge in [-0.2, -0.15) is 0 Å². The SMILES string of the molecule is CC(C)(C)c1ccc([C@@H](C2CC2)N2CCNCC2)cc1.Cl.Cl. The van der Waals surface area contributed by atoms with Gasteiger partial charge < -0.3 is 5.32 Å². The van der Waals surface area contributed by atoms with Crippen LogP contribution in [-0.4, -0.2) is 31.1 Å². The number of hydrogen-bond acceptors (Lipinski definition) is 2. The van der Waals surface area contributed by atoms with Crippen LogP contribution in [0.2, 0.25) is 0 Å². The zero-order valence-electron chi connectivity index (χ0n) is 14.0. The summed E-state index contributed by atoms with van der Waals surface area (Å²) in [7, 11) is 0. The van der Waals surface area contributed by atoms with Gasteiger partial charge in [-0.1, -0.05) is 45.0 Å². The number of benzene rings is 1. The number of piperazine rings is 1. The van der Waals surface area contributed by atoms with Gasteiger partial charge in [0.25, 0.3) is 0 Å². The van der Waals surface area contributed by atoms with Crippen LogP contribution in [0.5, 0.6) is 0 Å². The van der Waals surface area contributed by atoms with Crippen LogP contribution in [0, 0.1) is 5.92 Å². The van der Waals surface area contributed by atoms with Crippen molar-refractivity contribution >= 4 is 24.8 Å². The Balaban J connectivity index is 0.00000121. The van der Waals surface area contributed by atoms with Crippen molar-refractivity contribution in [2.75, 3.05) is 26.2 Å². The molecule has 0 bridgehead atoms. The largest absolute Gasteiger partial charge is 0.314 e. The molecule has 1 aromatic carbocycles. The molecule has 1 aromatic rings. The fourth-order valence-corrected chi connectivity index (χ4v) is 3.33. The second kappa shape index (κ2) is 8.01. The molecule has 0 unspecified atom stereocenters. The maximum atomic E-state index is 3.47. The van der Waals surface area contributed by atoms with Crippen molar-refractivity contribution in [3.63, 3.8) is 0 Å².